The lowest BCUT2D eigenvalue weighted by Gasteiger charge is -2.52. The van der Waals surface area contributed by atoms with Gasteiger partial charge in [-0.15, -0.1) is 0 Å². The van der Waals surface area contributed by atoms with Gasteiger partial charge in [0.25, 0.3) is 0 Å². The number of aromatic nitrogens is 2. The average molecular weight is 267 g/mol. The molecule has 1 aromatic rings. The van der Waals surface area contributed by atoms with Crippen molar-refractivity contribution in [3.05, 3.63) is 11.5 Å². The maximum Gasteiger partial charge on any atom is 0.360 e. The lowest BCUT2D eigenvalue weighted by atomic mass is 9.64. The smallest absolute Gasteiger partial charge is 0.360 e. The molecule has 0 aromatic carbocycles. The summed E-state index contributed by atoms with van der Waals surface area (Å²) in [7, 11) is 3.04. The van der Waals surface area contributed by atoms with Crippen LogP contribution in [0.15, 0.2) is 0 Å². The number of imidazole rings is 1. The Labute approximate surface area is 112 Å². The number of nitrogen functional groups attached to an aromatic ring is 1. The fraction of sp³-hybridized carbons (Fsp3) is 0.692. The predicted molar refractivity (Wildman–Crippen MR) is 70.9 cm³/mol. The van der Waals surface area contributed by atoms with Gasteiger partial charge in [-0.05, 0) is 13.3 Å². The van der Waals surface area contributed by atoms with Crippen molar-refractivity contribution in [3.63, 3.8) is 0 Å². The summed E-state index contributed by atoms with van der Waals surface area (Å²) in [5.41, 5.74) is 6.21. The molecule has 0 amide bonds. The number of nitrogens with zero attached hydrogens (tertiary/aromatic N) is 2. The average Bonchev–Trinajstić information content (AvgIpc) is 2.65. The van der Waals surface area contributed by atoms with E-state index < -0.39 is 5.97 Å². The molecule has 1 saturated carbocycles. The molecule has 2 N–H and O–H groups in total. The van der Waals surface area contributed by atoms with Crippen molar-refractivity contribution in [1.29, 1.82) is 0 Å². The van der Waals surface area contributed by atoms with Crippen LogP contribution in [0.5, 0.6) is 0 Å². The van der Waals surface area contributed by atoms with Gasteiger partial charge in [0.15, 0.2) is 5.69 Å². The zero-order valence-corrected chi connectivity index (χ0v) is 12.1. The van der Waals surface area contributed by atoms with Crippen LogP contribution < -0.4 is 5.73 Å². The van der Waals surface area contributed by atoms with E-state index in [2.05, 4.69) is 18.8 Å². The normalized spacial score (nSPS) is 24.9. The topological polar surface area (TPSA) is 79.4 Å². The van der Waals surface area contributed by atoms with Crippen LogP contribution in [0.25, 0.3) is 0 Å². The molecule has 2 atom stereocenters. The zero-order valence-electron chi connectivity index (χ0n) is 12.1. The first-order chi connectivity index (χ1) is 8.84. The van der Waals surface area contributed by atoms with Crippen LogP contribution in [-0.2, 0) is 9.47 Å². The molecule has 6 heteroatoms. The first kappa shape index (κ1) is 13.9. The maximum absolute atomic E-state index is 11.6. The predicted octanol–water partition coefficient (Wildman–Crippen LogP) is 1.55. The van der Waals surface area contributed by atoms with Gasteiger partial charge in [-0.1, -0.05) is 13.8 Å². The van der Waals surface area contributed by atoms with Crippen molar-refractivity contribution in [2.24, 2.45) is 5.41 Å². The van der Waals surface area contributed by atoms with E-state index in [4.69, 9.17) is 15.2 Å². The molecule has 0 bridgehead atoms. The number of hydrogen-bond donors (Lipinski definition) is 1. The van der Waals surface area contributed by atoms with E-state index >= 15 is 0 Å². The number of esters is 1. The van der Waals surface area contributed by atoms with Gasteiger partial charge in [-0.3, -0.25) is 0 Å². The van der Waals surface area contributed by atoms with Gasteiger partial charge >= 0.3 is 5.97 Å². The third-order valence-electron chi connectivity index (χ3n) is 4.23. The molecule has 106 valence electrons. The van der Waals surface area contributed by atoms with E-state index in [1.807, 2.05) is 11.5 Å². The van der Waals surface area contributed by atoms with E-state index in [-0.39, 0.29) is 23.3 Å². The Morgan fingerprint density at radius 1 is 1.47 bits per heavy atom. The number of methoxy groups -OCH3 is 2. The van der Waals surface area contributed by atoms with Gasteiger partial charge in [0.05, 0.1) is 13.2 Å². The van der Waals surface area contributed by atoms with Crippen molar-refractivity contribution in [3.8, 4) is 0 Å². The second kappa shape index (κ2) is 4.52. The molecule has 19 heavy (non-hydrogen) atoms. The summed E-state index contributed by atoms with van der Waals surface area (Å²) in [4.78, 5) is 15.8. The molecule has 1 fully saturated rings. The zero-order chi connectivity index (χ0) is 14.4. The highest BCUT2D eigenvalue weighted by molar-refractivity contribution is 5.92. The minimum Gasteiger partial charge on any atom is -0.464 e. The minimum absolute atomic E-state index is 0.0400. The third kappa shape index (κ3) is 1.90. The standard InChI is InChI=1S/C13H21N3O3/c1-7-15-10(12(17)19-5)11(14)16(7)8-6-9(18-4)13(8,2)3/h8-9H,6,14H2,1-5H3. The Hall–Kier alpha value is -1.56. The van der Waals surface area contributed by atoms with Gasteiger partial charge < -0.3 is 19.8 Å². The van der Waals surface area contributed by atoms with E-state index in [1.165, 1.54) is 7.11 Å². The van der Waals surface area contributed by atoms with Crippen molar-refractivity contribution >= 4 is 11.8 Å². The van der Waals surface area contributed by atoms with Crippen LogP contribution in [0.3, 0.4) is 0 Å². The molecule has 2 unspecified atom stereocenters. The first-order valence-electron chi connectivity index (χ1n) is 6.30. The SMILES string of the molecule is COC(=O)c1nc(C)n(C2CC(OC)C2(C)C)c1N. The number of anilines is 1. The van der Waals surface area contributed by atoms with E-state index in [0.29, 0.717) is 5.82 Å². The fourth-order valence-electron chi connectivity index (χ4n) is 2.90. The van der Waals surface area contributed by atoms with Crippen LogP contribution >= 0.6 is 0 Å². The Morgan fingerprint density at radius 3 is 2.58 bits per heavy atom. The van der Waals surface area contributed by atoms with Gasteiger partial charge in [0.1, 0.15) is 11.6 Å². The number of carbonyl (C=O) groups excluding carboxylic acids is 1. The minimum atomic E-state index is -0.500. The van der Waals surface area contributed by atoms with Crippen molar-refractivity contribution < 1.29 is 14.3 Å². The largest absolute Gasteiger partial charge is 0.464 e. The number of aryl methyl sites for hydroxylation is 1. The molecule has 2 rings (SSSR count). The number of nitrogens with two attached hydrogens (primary N) is 1. The summed E-state index contributed by atoms with van der Waals surface area (Å²) < 4.78 is 12.1. The Morgan fingerprint density at radius 2 is 2.11 bits per heavy atom. The number of ether oxygens (including phenoxy) is 2. The molecule has 0 spiro atoms. The molecule has 1 aromatic heterocycles. The molecular formula is C13H21N3O3. The van der Waals surface area contributed by atoms with Gasteiger partial charge in [-0.2, -0.15) is 0 Å². The van der Waals surface area contributed by atoms with Crippen molar-refractivity contribution in [2.75, 3.05) is 20.0 Å². The lowest BCUT2D eigenvalue weighted by Crippen LogP contribution is -2.51. The third-order valence-corrected chi connectivity index (χ3v) is 4.23. The van der Waals surface area contributed by atoms with Gasteiger partial charge in [-0.25, -0.2) is 9.78 Å². The van der Waals surface area contributed by atoms with Crippen LogP contribution in [0.2, 0.25) is 0 Å². The number of hydrogen-bond acceptors (Lipinski definition) is 5. The molecule has 1 heterocycles. The fourth-order valence-corrected chi connectivity index (χ4v) is 2.90. The Bertz CT molecular complexity index is 507. The summed E-state index contributed by atoms with van der Waals surface area (Å²) in [6, 6.07) is 0.184. The van der Waals surface area contributed by atoms with Crippen LogP contribution in [0.4, 0.5) is 5.82 Å². The first-order valence-corrected chi connectivity index (χ1v) is 6.30. The summed E-state index contributed by atoms with van der Waals surface area (Å²) in [6.45, 7) is 6.11. The maximum atomic E-state index is 11.6. The second-order valence-electron chi connectivity index (χ2n) is 5.55. The Kier molecular flexibility index (Phi) is 3.30. The summed E-state index contributed by atoms with van der Waals surface area (Å²) in [5, 5.41) is 0. The highest BCUT2D eigenvalue weighted by Crippen LogP contribution is 2.52. The molecule has 6 nitrogen and oxygen atoms in total. The monoisotopic (exact) mass is 267 g/mol. The molecule has 0 radical (unpaired) electrons. The molecule has 1 aliphatic carbocycles. The highest BCUT2D eigenvalue weighted by atomic mass is 16.5. The summed E-state index contributed by atoms with van der Waals surface area (Å²) in [6.07, 6.45) is 1.06. The van der Waals surface area contributed by atoms with Crippen LogP contribution in [0.1, 0.15) is 42.6 Å². The van der Waals surface area contributed by atoms with Crippen molar-refractivity contribution in [1.82, 2.24) is 9.55 Å². The Balaban J connectivity index is 2.38. The van der Waals surface area contributed by atoms with Crippen LogP contribution in [0, 0.1) is 12.3 Å². The molecular weight excluding hydrogens is 246 g/mol. The van der Waals surface area contributed by atoms with Crippen molar-refractivity contribution in [2.45, 2.75) is 39.3 Å². The second-order valence-corrected chi connectivity index (χ2v) is 5.55. The quantitative estimate of drug-likeness (QED) is 0.840. The summed E-state index contributed by atoms with van der Waals surface area (Å²) >= 11 is 0. The van der Waals surface area contributed by atoms with Gasteiger partial charge in [0, 0.05) is 18.6 Å². The molecule has 0 aliphatic heterocycles. The molecule has 1 aliphatic rings. The van der Waals surface area contributed by atoms with E-state index in [0.717, 1.165) is 12.2 Å². The molecule has 0 saturated heterocycles. The number of rotatable bonds is 3. The number of carbonyl (C=O) groups is 1. The van der Waals surface area contributed by atoms with Gasteiger partial charge in [0.2, 0.25) is 0 Å². The lowest BCUT2D eigenvalue weighted by molar-refractivity contribution is -0.112. The summed E-state index contributed by atoms with van der Waals surface area (Å²) in [5.74, 6) is 0.599. The van der Waals surface area contributed by atoms with Crippen LogP contribution in [-0.4, -0.2) is 35.8 Å². The van der Waals surface area contributed by atoms with E-state index in [9.17, 15) is 4.79 Å². The van der Waals surface area contributed by atoms with E-state index in [1.54, 1.807) is 7.11 Å². The highest BCUT2D eigenvalue weighted by Gasteiger charge is 2.50.